The largest absolute Gasteiger partial charge is 0.368 e. The van der Waals surface area contributed by atoms with Crippen molar-refractivity contribution in [2.24, 2.45) is 0 Å². The summed E-state index contributed by atoms with van der Waals surface area (Å²) in [6.07, 6.45) is 1.62. The van der Waals surface area contributed by atoms with Crippen molar-refractivity contribution in [1.29, 1.82) is 0 Å². The highest BCUT2D eigenvalue weighted by Crippen LogP contribution is 2.20. The molecule has 0 aliphatic carbocycles. The molecule has 3 aromatic rings. The van der Waals surface area contributed by atoms with Crippen molar-refractivity contribution < 1.29 is 4.79 Å². The van der Waals surface area contributed by atoms with Crippen molar-refractivity contribution in [3.8, 4) is 11.3 Å². The second-order valence-corrected chi connectivity index (χ2v) is 5.71. The van der Waals surface area contributed by atoms with Crippen molar-refractivity contribution in [3.63, 3.8) is 0 Å². The van der Waals surface area contributed by atoms with Crippen molar-refractivity contribution >= 4 is 17.5 Å². The van der Waals surface area contributed by atoms with Crippen LogP contribution in [0.5, 0.6) is 0 Å². The minimum Gasteiger partial charge on any atom is -0.368 e. The molecule has 2 aromatic carbocycles. The molecule has 5 nitrogen and oxygen atoms in total. The molecular formula is C19H18N4O. The van der Waals surface area contributed by atoms with Gasteiger partial charge in [-0.25, -0.2) is 9.97 Å². The van der Waals surface area contributed by atoms with E-state index in [-0.39, 0.29) is 11.9 Å². The van der Waals surface area contributed by atoms with Gasteiger partial charge in [-0.3, -0.25) is 4.79 Å². The van der Waals surface area contributed by atoms with Crippen LogP contribution in [0.25, 0.3) is 11.3 Å². The first-order valence-electron chi connectivity index (χ1n) is 7.60. The molecule has 0 atom stereocenters. The van der Waals surface area contributed by atoms with Crippen LogP contribution >= 0.6 is 0 Å². The molecule has 0 unspecified atom stereocenters. The van der Waals surface area contributed by atoms with E-state index in [1.54, 1.807) is 12.3 Å². The van der Waals surface area contributed by atoms with Crippen molar-refractivity contribution in [3.05, 3.63) is 71.4 Å². The Balaban J connectivity index is 1.77. The van der Waals surface area contributed by atoms with E-state index in [9.17, 15) is 4.79 Å². The fourth-order valence-corrected chi connectivity index (χ4v) is 2.57. The maximum atomic E-state index is 12.4. The SMILES string of the molecule is Cc1cc(C)cc(C(=O)Nc2ccc(-c3ccnc(N)n3)cc2)c1. The van der Waals surface area contributed by atoms with E-state index < -0.39 is 0 Å². The van der Waals surface area contributed by atoms with Crippen LogP contribution in [-0.2, 0) is 0 Å². The summed E-state index contributed by atoms with van der Waals surface area (Å²) in [5, 5.41) is 2.91. The van der Waals surface area contributed by atoms with E-state index in [1.165, 1.54) is 0 Å². The van der Waals surface area contributed by atoms with Gasteiger partial charge in [-0.15, -0.1) is 0 Å². The van der Waals surface area contributed by atoms with Gasteiger partial charge >= 0.3 is 0 Å². The smallest absolute Gasteiger partial charge is 0.255 e. The van der Waals surface area contributed by atoms with Crippen LogP contribution in [0.3, 0.4) is 0 Å². The monoisotopic (exact) mass is 318 g/mol. The number of carbonyl (C=O) groups is 1. The average Bonchev–Trinajstić information content (AvgIpc) is 2.54. The number of hydrogen-bond donors (Lipinski definition) is 2. The zero-order valence-corrected chi connectivity index (χ0v) is 13.6. The van der Waals surface area contributed by atoms with Crippen LogP contribution < -0.4 is 11.1 Å². The minimum atomic E-state index is -0.124. The molecule has 0 bridgehead atoms. The molecule has 0 aliphatic heterocycles. The van der Waals surface area contributed by atoms with Gasteiger partial charge < -0.3 is 11.1 Å². The molecule has 0 saturated carbocycles. The van der Waals surface area contributed by atoms with Crippen molar-refractivity contribution in [2.45, 2.75) is 13.8 Å². The van der Waals surface area contributed by atoms with Gasteiger partial charge in [0.05, 0.1) is 5.69 Å². The molecule has 3 N–H and O–H groups in total. The van der Waals surface area contributed by atoms with Crippen molar-refractivity contribution in [1.82, 2.24) is 9.97 Å². The predicted octanol–water partition coefficient (Wildman–Crippen LogP) is 3.59. The highest BCUT2D eigenvalue weighted by Gasteiger charge is 2.08. The summed E-state index contributed by atoms with van der Waals surface area (Å²) in [6.45, 7) is 3.96. The van der Waals surface area contributed by atoms with Crippen LogP contribution in [0, 0.1) is 13.8 Å². The zero-order chi connectivity index (χ0) is 17.1. The number of nitrogens with zero attached hydrogens (tertiary/aromatic N) is 2. The number of nitrogens with one attached hydrogen (secondary N) is 1. The topological polar surface area (TPSA) is 80.9 Å². The van der Waals surface area contributed by atoms with Crippen molar-refractivity contribution in [2.75, 3.05) is 11.1 Å². The fourth-order valence-electron chi connectivity index (χ4n) is 2.57. The summed E-state index contributed by atoms with van der Waals surface area (Å²) in [6, 6.07) is 15.0. The van der Waals surface area contributed by atoms with Gasteiger partial charge in [-0.05, 0) is 44.2 Å². The molecule has 3 rings (SSSR count). The number of amides is 1. The summed E-state index contributed by atoms with van der Waals surface area (Å²) in [4.78, 5) is 20.4. The zero-order valence-electron chi connectivity index (χ0n) is 13.6. The summed E-state index contributed by atoms with van der Waals surface area (Å²) < 4.78 is 0. The fraction of sp³-hybridized carbons (Fsp3) is 0.105. The Morgan fingerprint density at radius 1 is 1.00 bits per heavy atom. The summed E-state index contributed by atoms with van der Waals surface area (Å²) >= 11 is 0. The lowest BCUT2D eigenvalue weighted by Gasteiger charge is -2.08. The Labute approximate surface area is 140 Å². The first kappa shape index (κ1) is 15.7. The number of rotatable bonds is 3. The molecule has 5 heteroatoms. The summed E-state index contributed by atoms with van der Waals surface area (Å²) in [5.74, 6) is 0.112. The van der Waals surface area contributed by atoms with Gasteiger partial charge in [-0.2, -0.15) is 0 Å². The number of anilines is 2. The second kappa shape index (κ2) is 6.50. The third-order valence-electron chi connectivity index (χ3n) is 3.60. The van der Waals surface area contributed by atoms with E-state index in [1.807, 2.05) is 56.3 Å². The van der Waals surface area contributed by atoms with E-state index in [4.69, 9.17) is 5.73 Å². The summed E-state index contributed by atoms with van der Waals surface area (Å²) in [5.41, 5.74) is 10.8. The molecule has 0 radical (unpaired) electrons. The Morgan fingerprint density at radius 2 is 1.67 bits per heavy atom. The molecule has 120 valence electrons. The molecule has 0 saturated heterocycles. The standard InChI is InChI=1S/C19H18N4O/c1-12-9-13(2)11-15(10-12)18(24)22-16-5-3-14(4-6-16)17-7-8-21-19(20)23-17/h3-11H,1-2H3,(H,22,24)(H2,20,21,23). The van der Waals surface area contributed by atoms with E-state index in [0.29, 0.717) is 5.56 Å². The lowest BCUT2D eigenvalue weighted by atomic mass is 10.1. The van der Waals surface area contributed by atoms with Crippen LogP contribution in [0.1, 0.15) is 21.5 Å². The Bertz CT molecular complexity index is 868. The molecule has 24 heavy (non-hydrogen) atoms. The molecule has 1 aromatic heterocycles. The highest BCUT2D eigenvalue weighted by atomic mass is 16.1. The Morgan fingerprint density at radius 3 is 2.29 bits per heavy atom. The minimum absolute atomic E-state index is 0.124. The maximum absolute atomic E-state index is 12.4. The molecular weight excluding hydrogens is 300 g/mol. The van der Waals surface area contributed by atoms with Gasteiger partial charge in [0.1, 0.15) is 0 Å². The van der Waals surface area contributed by atoms with E-state index in [0.717, 1.165) is 28.1 Å². The lowest BCUT2D eigenvalue weighted by molar-refractivity contribution is 0.102. The van der Waals surface area contributed by atoms with Crippen LogP contribution in [0.15, 0.2) is 54.7 Å². The number of hydrogen-bond acceptors (Lipinski definition) is 4. The highest BCUT2D eigenvalue weighted by molar-refractivity contribution is 6.04. The predicted molar refractivity (Wildman–Crippen MR) is 95.7 cm³/mol. The average molecular weight is 318 g/mol. The van der Waals surface area contributed by atoms with E-state index in [2.05, 4.69) is 15.3 Å². The van der Waals surface area contributed by atoms with Gasteiger partial charge in [0, 0.05) is 23.0 Å². The third kappa shape index (κ3) is 3.57. The Kier molecular flexibility index (Phi) is 4.24. The molecule has 1 amide bonds. The maximum Gasteiger partial charge on any atom is 0.255 e. The summed E-state index contributed by atoms with van der Waals surface area (Å²) in [7, 11) is 0. The number of nitrogen functional groups attached to an aromatic ring is 1. The molecule has 1 heterocycles. The number of aromatic nitrogens is 2. The first-order valence-corrected chi connectivity index (χ1v) is 7.60. The number of benzene rings is 2. The number of nitrogens with two attached hydrogens (primary N) is 1. The molecule has 0 spiro atoms. The van der Waals surface area contributed by atoms with Crippen LogP contribution in [-0.4, -0.2) is 15.9 Å². The molecule has 0 aliphatic rings. The van der Waals surface area contributed by atoms with E-state index >= 15 is 0 Å². The second-order valence-electron chi connectivity index (χ2n) is 5.71. The van der Waals surface area contributed by atoms with Gasteiger partial charge in [0.25, 0.3) is 5.91 Å². The van der Waals surface area contributed by atoms with Crippen LogP contribution in [0.2, 0.25) is 0 Å². The lowest BCUT2D eigenvalue weighted by Crippen LogP contribution is -2.12. The molecule has 0 fully saturated rings. The quantitative estimate of drug-likeness (QED) is 0.773. The number of aryl methyl sites for hydroxylation is 2. The van der Waals surface area contributed by atoms with Gasteiger partial charge in [0.2, 0.25) is 5.95 Å². The normalized spacial score (nSPS) is 10.4. The third-order valence-corrected chi connectivity index (χ3v) is 3.60. The van der Waals surface area contributed by atoms with Gasteiger partial charge in [0.15, 0.2) is 0 Å². The number of carbonyl (C=O) groups excluding carboxylic acids is 1. The van der Waals surface area contributed by atoms with Crippen LogP contribution in [0.4, 0.5) is 11.6 Å². The van der Waals surface area contributed by atoms with Gasteiger partial charge in [-0.1, -0.05) is 29.3 Å². The Hall–Kier alpha value is -3.21. The first-order chi connectivity index (χ1) is 11.5.